The van der Waals surface area contributed by atoms with Gasteiger partial charge in [0.1, 0.15) is 5.82 Å². The van der Waals surface area contributed by atoms with Crippen molar-refractivity contribution in [2.75, 3.05) is 6.54 Å². The molecule has 0 bridgehead atoms. The van der Waals surface area contributed by atoms with Crippen molar-refractivity contribution < 1.29 is 14.6 Å². The maximum absolute atomic E-state index is 11.8. The number of imidazole rings is 1. The summed E-state index contributed by atoms with van der Waals surface area (Å²) in [5, 5.41) is 17.1. The van der Waals surface area contributed by atoms with E-state index in [4.69, 9.17) is 9.82 Å². The van der Waals surface area contributed by atoms with Crippen molar-refractivity contribution in [3.8, 4) is 22.5 Å². The van der Waals surface area contributed by atoms with Gasteiger partial charge in [0.05, 0.1) is 22.5 Å². The largest absolute Gasteiger partial charge is 0.433 e. The van der Waals surface area contributed by atoms with Crippen LogP contribution in [0.3, 0.4) is 0 Å². The van der Waals surface area contributed by atoms with Gasteiger partial charge in [0.15, 0.2) is 0 Å². The third-order valence-corrected chi connectivity index (χ3v) is 6.25. The first kappa shape index (κ1) is 27.3. The van der Waals surface area contributed by atoms with Gasteiger partial charge in [-0.3, -0.25) is 15.0 Å². The number of carbonyl (C=O) groups excluding carboxylic acids is 1. The van der Waals surface area contributed by atoms with Gasteiger partial charge in [0.25, 0.3) is 5.69 Å². The highest BCUT2D eigenvalue weighted by atomic mass is 16.7. The predicted octanol–water partition coefficient (Wildman–Crippen LogP) is 6.75. The van der Waals surface area contributed by atoms with Crippen LogP contribution in [-0.2, 0) is 11.4 Å². The van der Waals surface area contributed by atoms with Crippen LogP contribution in [-0.4, -0.2) is 33.3 Å². The van der Waals surface area contributed by atoms with E-state index < -0.39 is 11.0 Å². The summed E-state index contributed by atoms with van der Waals surface area (Å²) >= 11 is 0. The fourth-order valence-electron chi connectivity index (χ4n) is 4.35. The van der Waals surface area contributed by atoms with E-state index in [9.17, 15) is 14.9 Å². The maximum atomic E-state index is 11.8. The smallest absolute Gasteiger partial charge is 0.328 e. The Morgan fingerprint density at radius 3 is 2.38 bits per heavy atom. The zero-order valence-corrected chi connectivity index (χ0v) is 21.8. The monoisotopic (exact) mass is 525 g/mol. The van der Waals surface area contributed by atoms with E-state index in [2.05, 4.69) is 46.2 Å². The number of aryl methyl sites for hydroxylation is 1. The molecule has 3 aromatic carbocycles. The van der Waals surface area contributed by atoms with Crippen molar-refractivity contribution in [3.63, 3.8) is 0 Å². The van der Waals surface area contributed by atoms with E-state index >= 15 is 0 Å². The van der Waals surface area contributed by atoms with Crippen LogP contribution in [0.1, 0.15) is 37.1 Å². The molecule has 1 amide bonds. The highest BCUT2D eigenvalue weighted by Crippen LogP contribution is 2.33. The standard InChI is InChI=1S/C30H31N5O4/c1-23-33-28(25-14-6-4-7-15-25)29(26-16-8-5-9-17-26)34(23)20-11-3-2-10-19-31-30(36)39-32-22-24-13-12-18-27(21-24)35(37)38/h4-9,12-18,21-22H,2-3,10-11,19-20H2,1H3,(H,31,36). The van der Waals surface area contributed by atoms with Crippen LogP contribution >= 0.6 is 0 Å². The first-order valence-corrected chi connectivity index (χ1v) is 12.9. The Hall–Kier alpha value is -4.79. The van der Waals surface area contributed by atoms with Gasteiger partial charge >= 0.3 is 6.09 Å². The zero-order chi connectivity index (χ0) is 27.5. The number of hydrogen-bond donors (Lipinski definition) is 1. The van der Waals surface area contributed by atoms with Gasteiger partial charge in [-0.15, -0.1) is 0 Å². The second-order valence-corrected chi connectivity index (χ2v) is 9.05. The van der Waals surface area contributed by atoms with E-state index in [0.29, 0.717) is 12.1 Å². The minimum absolute atomic E-state index is 0.0560. The van der Waals surface area contributed by atoms with Crippen LogP contribution in [0.25, 0.3) is 22.5 Å². The summed E-state index contributed by atoms with van der Waals surface area (Å²) in [6.07, 6.45) is 4.37. The molecule has 0 fully saturated rings. The molecule has 4 rings (SSSR count). The summed E-state index contributed by atoms with van der Waals surface area (Å²) in [5.41, 5.74) is 4.79. The number of nitrogens with zero attached hydrogens (tertiary/aromatic N) is 4. The second kappa shape index (κ2) is 13.7. The number of oxime groups is 1. The molecule has 0 aliphatic heterocycles. The van der Waals surface area contributed by atoms with Gasteiger partial charge in [-0.1, -0.05) is 90.8 Å². The lowest BCUT2D eigenvalue weighted by Gasteiger charge is -2.12. The summed E-state index contributed by atoms with van der Waals surface area (Å²) < 4.78 is 2.30. The number of nitro groups is 1. The van der Waals surface area contributed by atoms with E-state index in [0.717, 1.165) is 60.6 Å². The van der Waals surface area contributed by atoms with Gasteiger partial charge in [0, 0.05) is 41.9 Å². The lowest BCUT2D eigenvalue weighted by Crippen LogP contribution is -2.23. The van der Waals surface area contributed by atoms with Crippen molar-refractivity contribution in [3.05, 3.63) is 106 Å². The molecule has 0 atom stereocenters. The van der Waals surface area contributed by atoms with Crippen LogP contribution in [0.2, 0.25) is 0 Å². The molecular weight excluding hydrogens is 494 g/mol. The van der Waals surface area contributed by atoms with Crippen molar-refractivity contribution in [2.45, 2.75) is 39.2 Å². The summed E-state index contributed by atoms with van der Waals surface area (Å²) in [7, 11) is 0. The number of nitro benzene ring substituents is 1. The number of benzene rings is 3. The summed E-state index contributed by atoms with van der Waals surface area (Å²) in [6.45, 7) is 3.39. The molecule has 1 heterocycles. The molecule has 9 heteroatoms. The molecule has 0 saturated heterocycles. The molecule has 1 N–H and O–H groups in total. The molecular formula is C30H31N5O4. The number of hydrogen-bond acceptors (Lipinski definition) is 6. The van der Waals surface area contributed by atoms with E-state index in [1.54, 1.807) is 12.1 Å². The molecule has 4 aromatic rings. The van der Waals surface area contributed by atoms with Gasteiger partial charge in [-0.05, 0) is 19.8 Å². The van der Waals surface area contributed by atoms with Gasteiger partial charge in [0.2, 0.25) is 0 Å². The normalized spacial score (nSPS) is 11.0. The van der Waals surface area contributed by atoms with Crippen LogP contribution in [0.5, 0.6) is 0 Å². The summed E-state index contributed by atoms with van der Waals surface area (Å²) in [5.74, 6) is 0.989. The van der Waals surface area contributed by atoms with Crippen LogP contribution in [0.4, 0.5) is 10.5 Å². The van der Waals surface area contributed by atoms with Crippen LogP contribution in [0, 0.1) is 17.0 Å². The summed E-state index contributed by atoms with van der Waals surface area (Å²) in [6, 6.07) is 26.5. The molecule has 0 radical (unpaired) electrons. The third kappa shape index (κ3) is 7.61. The number of amides is 1. The molecule has 0 unspecified atom stereocenters. The summed E-state index contributed by atoms with van der Waals surface area (Å²) in [4.78, 5) is 31.9. The predicted molar refractivity (Wildman–Crippen MR) is 151 cm³/mol. The molecule has 200 valence electrons. The Kier molecular flexibility index (Phi) is 9.55. The fourth-order valence-corrected chi connectivity index (χ4v) is 4.35. The lowest BCUT2D eigenvalue weighted by molar-refractivity contribution is -0.384. The molecule has 0 aliphatic rings. The zero-order valence-electron chi connectivity index (χ0n) is 21.8. The first-order chi connectivity index (χ1) is 19.0. The van der Waals surface area contributed by atoms with Crippen molar-refractivity contribution >= 4 is 18.0 Å². The van der Waals surface area contributed by atoms with E-state index in [1.165, 1.54) is 18.3 Å². The van der Waals surface area contributed by atoms with Crippen molar-refractivity contribution in [1.82, 2.24) is 14.9 Å². The Morgan fingerprint density at radius 2 is 1.67 bits per heavy atom. The average Bonchev–Trinajstić information content (AvgIpc) is 3.29. The molecule has 0 aliphatic carbocycles. The van der Waals surface area contributed by atoms with Gasteiger partial charge in [-0.25, -0.2) is 9.78 Å². The Balaban J connectivity index is 1.23. The quantitative estimate of drug-likeness (QED) is 0.0722. The van der Waals surface area contributed by atoms with E-state index in [1.807, 2.05) is 36.4 Å². The van der Waals surface area contributed by atoms with Crippen LogP contribution in [0.15, 0.2) is 90.1 Å². The van der Waals surface area contributed by atoms with Crippen molar-refractivity contribution in [2.24, 2.45) is 5.16 Å². The Bertz CT molecular complexity index is 1420. The third-order valence-electron chi connectivity index (χ3n) is 6.25. The number of aromatic nitrogens is 2. The van der Waals surface area contributed by atoms with E-state index in [-0.39, 0.29) is 5.69 Å². The second-order valence-electron chi connectivity index (χ2n) is 9.05. The number of non-ortho nitro benzene ring substituents is 1. The minimum Gasteiger partial charge on any atom is -0.328 e. The van der Waals surface area contributed by atoms with Crippen LogP contribution < -0.4 is 5.32 Å². The minimum atomic E-state index is -0.660. The number of carbonyl (C=O) groups is 1. The number of rotatable bonds is 12. The lowest BCUT2D eigenvalue weighted by atomic mass is 10.0. The molecule has 0 spiro atoms. The Morgan fingerprint density at radius 1 is 0.974 bits per heavy atom. The van der Waals surface area contributed by atoms with Crippen molar-refractivity contribution in [1.29, 1.82) is 0 Å². The fraction of sp³-hybridized carbons (Fsp3) is 0.233. The first-order valence-electron chi connectivity index (χ1n) is 12.9. The molecule has 9 nitrogen and oxygen atoms in total. The molecule has 1 aromatic heterocycles. The highest BCUT2D eigenvalue weighted by molar-refractivity contribution is 5.81. The number of nitrogens with one attached hydrogen (secondary N) is 1. The number of unbranched alkanes of at least 4 members (excludes halogenated alkanes) is 3. The van der Waals surface area contributed by atoms with Gasteiger partial charge in [-0.2, -0.15) is 0 Å². The SMILES string of the molecule is Cc1nc(-c2ccccc2)c(-c2ccccc2)n1CCCCCCNC(=O)ON=Cc1cccc([N+](=O)[O-])c1. The molecule has 0 saturated carbocycles. The molecule has 39 heavy (non-hydrogen) atoms. The highest BCUT2D eigenvalue weighted by Gasteiger charge is 2.17. The average molecular weight is 526 g/mol. The van der Waals surface area contributed by atoms with Gasteiger partial charge < -0.3 is 9.88 Å². The maximum Gasteiger partial charge on any atom is 0.433 e. The Labute approximate surface area is 227 Å². The topological polar surface area (TPSA) is 112 Å².